The van der Waals surface area contributed by atoms with E-state index in [0.717, 1.165) is 16.3 Å². The standard InChI is InChI=1S/C22H17N7O2/c30-29(31)20-10-11-21(23-13-15-6-3-5-14-4-1-2-7-17(14)15)25-22(20)24-16-8-9-18-19(12-16)27-28-26-18/h1-12H,13H2,(H2,23,24,25)(H,26,27,28). The SMILES string of the molecule is O=[N+]([O-])c1ccc(NCc2cccc3ccccc23)nc1Nc1ccc2n[nH]nc2c1. The van der Waals surface area contributed by atoms with E-state index in [1.165, 1.54) is 6.07 Å². The lowest BCUT2D eigenvalue weighted by molar-refractivity contribution is -0.384. The lowest BCUT2D eigenvalue weighted by Crippen LogP contribution is -2.05. The molecule has 0 aliphatic heterocycles. The van der Waals surface area contributed by atoms with Crippen LogP contribution in [-0.4, -0.2) is 25.3 Å². The summed E-state index contributed by atoms with van der Waals surface area (Å²) < 4.78 is 0. The van der Waals surface area contributed by atoms with Gasteiger partial charge in [-0.2, -0.15) is 15.4 Å². The molecule has 0 fully saturated rings. The number of H-pyrrole nitrogens is 1. The Bertz CT molecular complexity index is 1410. The van der Waals surface area contributed by atoms with Crippen molar-refractivity contribution >= 4 is 44.8 Å². The third-order valence-electron chi connectivity index (χ3n) is 4.99. The molecule has 31 heavy (non-hydrogen) atoms. The molecule has 3 aromatic carbocycles. The highest BCUT2D eigenvalue weighted by molar-refractivity contribution is 5.86. The Morgan fingerprint density at radius 3 is 2.68 bits per heavy atom. The molecule has 2 heterocycles. The van der Waals surface area contributed by atoms with Crippen molar-refractivity contribution in [3.63, 3.8) is 0 Å². The fourth-order valence-corrected chi connectivity index (χ4v) is 3.48. The Kier molecular flexibility index (Phi) is 4.60. The highest BCUT2D eigenvalue weighted by Gasteiger charge is 2.17. The molecule has 0 amide bonds. The summed E-state index contributed by atoms with van der Waals surface area (Å²) in [6.45, 7) is 0.538. The molecule has 9 heteroatoms. The van der Waals surface area contributed by atoms with Crippen molar-refractivity contribution in [2.45, 2.75) is 6.54 Å². The number of nitrogens with zero attached hydrogens (tertiary/aromatic N) is 4. The van der Waals surface area contributed by atoms with E-state index in [2.05, 4.69) is 49.2 Å². The fraction of sp³-hybridized carbons (Fsp3) is 0.0455. The monoisotopic (exact) mass is 411 g/mol. The molecule has 0 bridgehead atoms. The van der Waals surface area contributed by atoms with Crippen LogP contribution < -0.4 is 10.6 Å². The maximum atomic E-state index is 11.5. The van der Waals surface area contributed by atoms with E-state index in [1.807, 2.05) is 24.3 Å². The highest BCUT2D eigenvalue weighted by atomic mass is 16.6. The van der Waals surface area contributed by atoms with Crippen LogP contribution in [0, 0.1) is 10.1 Å². The molecule has 5 aromatic rings. The Hall–Kier alpha value is -4.53. The third kappa shape index (κ3) is 3.71. The van der Waals surface area contributed by atoms with Gasteiger partial charge in [-0.1, -0.05) is 42.5 Å². The molecular weight excluding hydrogens is 394 g/mol. The summed E-state index contributed by atoms with van der Waals surface area (Å²) >= 11 is 0. The molecule has 9 nitrogen and oxygen atoms in total. The zero-order valence-corrected chi connectivity index (χ0v) is 16.2. The molecule has 0 saturated carbocycles. The zero-order valence-electron chi connectivity index (χ0n) is 16.2. The molecule has 0 unspecified atom stereocenters. The first-order chi connectivity index (χ1) is 15.2. The summed E-state index contributed by atoms with van der Waals surface area (Å²) in [5.74, 6) is 0.680. The quantitative estimate of drug-likeness (QED) is 0.272. The molecule has 3 N–H and O–H groups in total. The first-order valence-electron chi connectivity index (χ1n) is 9.61. The van der Waals surface area contributed by atoms with Crippen LogP contribution in [0.5, 0.6) is 0 Å². The van der Waals surface area contributed by atoms with Crippen LogP contribution in [0.15, 0.2) is 72.8 Å². The number of fused-ring (bicyclic) bond motifs is 2. The van der Waals surface area contributed by atoms with Crippen LogP contribution in [0.1, 0.15) is 5.56 Å². The number of hydrogen-bond acceptors (Lipinski definition) is 7. The lowest BCUT2D eigenvalue weighted by Gasteiger charge is -2.11. The second-order valence-electron chi connectivity index (χ2n) is 6.97. The van der Waals surface area contributed by atoms with Crippen molar-refractivity contribution in [1.29, 1.82) is 0 Å². The van der Waals surface area contributed by atoms with Gasteiger partial charge < -0.3 is 10.6 Å². The van der Waals surface area contributed by atoms with Crippen molar-refractivity contribution in [3.05, 3.63) is 88.5 Å². The maximum Gasteiger partial charge on any atom is 0.311 e. The average Bonchev–Trinajstić information content (AvgIpc) is 3.25. The Labute approximate surface area is 176 Å². The van der Waals surface area contributed by atoms with Crippen LogP contribution in [-0.2, 0) is 6.54 Å². The Morgan fingerprint density at radius 1 is 0.935 bits per heavy atom. The number of aromatic nitrogens is 4. The predicted octanol–water partition coefficient (Wildman–Crippen LogP) is 4.77. The molecule has 0 aliphatic carbocycles. The number of anilines is 3. The van der Waals surface area contributed by atoms with E-state index in [1.54, 1.807) is 24.3 Å². The third-order valence-corrected chi connectivity index (χ3v) is 4.99. The van der Waals surface area contributed by atoms with Gasteiger partial charge in [-0.3, -0.25) is 10.1 Å². The van der Waals surface area contributed by atoms with E-state index >= 15 is 0 Å². The second-order valence-corrected chi connectivity index (χ2v) is 6.97. The summed E-state index contributed by atoms with van der Waals surface area (Å²) in [6.07, 6.45) is 0. The molecule has 0 spiro atoms. The van der Waals surface area contributed by atoms with Crippen molar-refractivity contribution in [2.24, 2.45) is 0 Å². The van der Waals surface area contributed by atoms with Crippen LogP contribution in [0.4, 0.5) is 23.0 Å². The molecule has 0 radical (unpaired) electrons. The average molecular weight is 411 g/mol. The number of hydrogen-bond donors (Lipinski definition) is 3. The van der Waals surface area contributed by atoms with Crippen LogP contribution in [0.25, 0.3) is 21.8 Å². The van der Waals surface area contributed by atoms with E-state index in [0.29, 0.717) is 29.1 Å². The fourth-order valence-electron chi connectivity index (χ4n) is 3.48. The number of nitrogens with one attached hydrogen (secondary N) is 3. The van der Waals surface area contributed by atoms with Gasteiger partial charge in [0.05, 0.1) is 4.92 Å². The number of pyridine rings is 1. The number of rotatable bonds is 6. The van der Waals surface area contributed by atoms with Crippen LogP contribution >= 0.6 is 0 Å². The Morgan fingerprint density at radius 2 is 1.77 bits per heavy atom. The normalized spacial score (nSPS) is 11.0. The van der Waals surface area contributed by atoms with E-state index < -0.39 is 4.92 Å². The van der Waals surface area contributed by atoms with Gasteiger partial charge in [-0.05, 0) is 40.6 Å². The minimum absolute atomic E-state index is 0.115. The van der Waals surface area contributed by atoms with Gasteiger partial charge in [-0.15, -0.1) is 0 Å². The van der Waals surface area contributed by atoms with Crippen molar-refractivity contribution in [1.82, 2.24) is 20.4 Å². The van der Waals surface area contributed by atoms with Crippen molar-refractivity contribution in [2.75, 3.05) is 10.6 Å². The van der Waals surface area contributed by atoms with Crippen LogP contribution in [0.2, 0.25) is 0 Å². The van der Waals surface area contributed by atoms with E-state index in [4.69, 9.17) is 0 Å². The summed E-state index contributed by atoms with van der Waals surface area (Å²) in [7, 11) is 0. The van der Waals surface area contributed by atoms with Gasteiger partial charge in [-0.25, -0.2) is 4.98 Å². The van der Waals surface area contributed by atoms with Gasteiger partial charge >= 0.3 is 5.69 Å². The Balaban J connectivity index is 1.42. The first-order valence-corrected chi connectivity index (χ1v) is 9.61. The maximum absolute atomic E-state index is 11.5. The van der Waals surface area contributed by atoms with Gasteiger partial charge in [0.25, 0.3) is 0 Å². The second kappa shape index (κ2) is 7.71. The first kappa shape index (κ1) is 18.5. The van der Waals surface area contributed by atoms with Crippen molar-refractivity contribution in [3.8, 4) is 0 Å². The lowest BCUT2D eigenvalue weighted by atomic mass is 10.0. The largest absolute Gasteiger partial charge is 0.366 e. The molecule has 0 aliphatic rings. The van der Waals surface area contributed by atoms with Gasteiger partial charge in [0.2, 0.25) is 5.82 Å². The number of benzene rings is 3. The summed E-state index contributed by atoms with van der Waals surface area (Å²) in [5, 5.41) is 30.7. The highest BCUT2D eigenvalue weighted by Crippen LogP contribution is 2.28. The summed E-state index contributed by atoms with van der Waals surface area (Å²) in [6, 6.07) is 22.6. The van der Waals surface area contributed by atoms with Gasteiger partial charge in [0.1, 0.15) is 16.9 Å². The molecule has 0 atom stereocenters. The molecule has 0 saturated heterocycles. The minimum Gasteiger partial charge on any atom is -0.366 e. The van der Waals surface area contributed by atoms with E-state index in [9.17, 15) is 10.1 Å². The predicted molar refractivity (Wildman–Crippen MR) is 119 cm³/mol. The van der Waals surface area contributed by atoms with Gasteiger partial charge in [0.15, 0.2) is 0 Å². The molecular formula is C22H17N7O2. The smallest absolute Gasteiger partial charge is 0.311 e. The van der Waals surface area contributed by atoms with Crippen LogP contribution in [0.3, 0.4) is 0 Å². The molecule has 5 rings (SSSR count). The number of nitro groups is 1. The zero-order chi connectivity index (χ0) is 21.2. The topological polar surface area (TPSA) is 122 Å². The van der Waals surface area contributed by atoms with Crippen molar-refractivity contribution < 1.29 is 4.92 Å². The summed E-state index contributed by atoms with van der Waals surface area (Å²) in [5.41, 5.74) is 2.99. The van der Waals surface area contributed by atoms with Gasteiger partial charge in [0, 0.05) is 18.3 Å². The number of aromatic amines is 1. The summed E-state index contributed by atoms with van der Waals surface area (Å²) in [4.78, 5) is 15.5. The minimum atomic E-state index is -0.460. The molecule has 152 valence electrons. The van der Waals surface area contributed by atoms with E-state index in [-0.39, 0.29) is 11.5 Å². The molecule has 2 aromatic heterocycles.